The lowest BCUT2D eigenvalue weighted by atomic mass is 10.0. The number of carbonyl (C=O) groups is 2. The third-order valence-electron chi connectivity index (χ3n) is 9.47. The molecule has 0 bridgehead atoms. The van der Waals surface area contributed by atoms with Crippen molar-refractivity contribution in [1.29, 1.82) is 0 Å². The Morgan fingerprint density at radius 1 is 0.569 bits per heavy atom. The molecule has 0 saturated carbocycles. The topological polar surface area (TPSA) is 111 Å². The number of phosphoric ester groups is 1. The second-order valence-corrected chi connectivity index (χ2v) is 17.7. The number of phosphoric acid groups is 1. The van der Waals surface area contributed by atoms with E-state index in [9.17, 15) is 19.0 Å². The first-order chi connectivity index (χ1) is 28.0. The molecule has 0 aromatic carbocycles. The van der Waals surface area contributed by atoms with Gasteiger partial charge in [-0.05, 0) is 19.3 Å². The Morgan fingerprint density at radius 2 is 1.00 bits per heavy atom. The van der Waals surface area contributed by atoms with E-state index < -0.39 is 32.5 Å². The number of ether oxygens (including phenoxy) is 2. The van der Waals surface area contributed by atoms with Gasteiger partial charge in [-0.1, -0.05) is 209 Å². The molecule has 0 aromatic rings. The molecule has 0 saturated heterocycles. The molecule has 0 fully saturated rings. The number of allylic oxidation sites excluding steroid dienone is 11. The standard InChI is InChI=1S/C48H84NO8P/c1-6-8-10-12-14-16-18-20-22-23-24-25-27-29-31-33-35-37-39-41-48(51)57-46(45-56-58(52,53)55-43-42-49(3,4)5)44-54-47(50)40-38-36-34-32-30-28-26-21-19-17-15-13-11-9-7-2/h22-25,27,29,31,33,35,37,39,41,46H,6-21,26,28,30,32,34,36,38,40,42-45H2,1-5H3/t46-/m1/s1. The summed E-state index contributed by atoms with van der Waals surface area (Å²) in [7, 11) is 1.07. The third kappa shape index (κ3) is 43.0. The molecule has 9 nitrogen and oxygen atoms in total. The fourth-order valence-electron chi connectivity index (χ4n) is 5.90. The quantitative estimate of drug-likeness (QED) is 0.0150. The first-order valence-corrected chi connectivity index (χ1v) is 24.2. The smallest absolute Gasteiger partial charge is 0.331 e. The molecule has 0 aliphatic carbocycles. The van der Waals surface area contributed by atoms with Crippen molar-refractivity contribution in [2.24, 2.45) is 0 Å². The summed E-state index contributed by atoms with van der Waals surface area (Å²) >= 11 is 0. The largest absolute Gasteiger partial charge is 0.756 e. The molecular formula is C48H84NO8P. The van der Waals surface area contributed by atoms with Crippen LogP contribution in [0.25, 0.3) is 0 Å². The average Bonchev–Trinajstić information content (AvgIpc) is 3.17. The zero-order valence-corrected chi connectivity index (χ0v) is 38.4. The number of hydrogen-bond donors (Lipinski definition) is 0. The number of nitrogens with zero attached hydrogens (tertiary/aromatic N) is 1. The summed E-state index contributed by atoms with van der Waals surface area (Å²) in [5.74, 6) is -1.15. The van der Waals surface area contributed by atoms with E-state index in [4.69, 9.17) is 18.5 Å². The molecule has 58 heavy (non-hydrogen) atoms. The minimum absolute atomic E-state index is 0.0598. The van der Waals surface area contributed by atoms with E-state index >= 15 is 0 Å². The van der Waals surface area contributed by atoms with Crippen molar-refractivity contribution in [1.82, 2.24) is 0 Å². The van der Waals surface area contributed by atoms with E-state index in [1.165, 1.54) is 134 Å². The Labute approximate surface area is 355 Å². The summed E-state index contributed by atoms with van der Waals surface area (Å²) in [5.41, 5.74) is 0. The van der Waals surface area contributed by atoms with E-state index in [2.05, 4.69) is 26.0 Å². The lowest BCUT2D eigenvalue weighted by Gasteiger charge is -2.28. The van der Waals surface area contributed by atoms with Crippen LogP contribution < -0.4 is 4.89 Å². The maximum atomic E-state index is 12.6. The van der Waals surface area contributed by atoms with E-state index in [1.807, 2.05) is 57.6 Å². The van der Waals surface area contributed by atoms with Crippen LogP contribution in [-0.4, -0.2) is 70.0 Å². The summed E-state index contributed by atoms with van der Waals surface area (Å²) in [5, 5.41) is 0. The SMILES string of the molecule is CCCCCCCCCC=CC=CC=CC=CC=CC=CC(=O)O[C@H](COC(=O)CCCCCCCCCCCCCCCCC)COP(=O)([O-])OCC[N+](C)(C)C. The zero-order valence-electron chi connectivity index (χ0n) is 37.5. The number of rotatable bonds is 40. The number of carbonyl (C=O) groups excluding carboxylic acids is 2. The summed E-state index contributed by atoms with van der Waals surface area (Å²) < 4.78 is 33.6. The van der Waals surface area contributed by atoms with Gasteiger partial charge < -0.3 is 27.9 Å². The molecule has 0 aliphatic heterocycles. The molecule has 0 aliphatic rings. The minimum atomic E-state index is -4.67. The highest BCUT2D eigenvalue weighted by atomic mass is 31.2. The van der Waals surface area contributed by atoms with Crippen molar-refractivity contribution in [3.63, 3.8) is 0 Å². The van der Waals surface area contributed by atoms with Crippen LogP contribution in [0.2, 0.25) is 0 Å². The van der Waals surface area contributed by atoms with Crippen LogP contribution in [0.4, 0.5) is 0 Å². The zero-order chi connectivity index (χ0) is 42.8. The first-order valence-electron chi connectivity index (χ1n) is 22.8. The predicted octanol–water partition coefficient (Wildman–Crippen LogP) is 12.4. The van der Waals surface area contributed by atoms with E-state index in [0.717, 1.165) is 19.3 Å². The van der Waals surface area contributed by atoms with Crippen molar-refractivity contribution in [2.45, 2.75) is 174 Å². The van der Waals surface area contributed by atoms with Gasteiger partial charge >= 0.3 is 11.9 Å². The van der Waals surface area contributed by atoms with E-state index in [-0.39, 0.29) is 19.6 Å². The van der Waals surface area contributed by atoms with E-state index in [0.29, 0.717) is 17.4 Å². The van der Waals surface area contributed by atoms with Crippen molar-refractivity contribution < 1.29 is 42.1 Å². The number of likely N-dealkylation sites (N-methyl/N-ethyl adjacent to an activating group) is 1. The van der Waals surface area contributed by atoms with Crippen LogP contribution in [0.1, 0.15) is 168 Å². The summed E-state index contributed by atoms with van der Waals surface area (Å²) in [4.78, 5) is 37.4. The highest BCUT2D eigenvalue weighted by Crippen LogP contribution is 2.38. The van der Waals surface area contributed by atoms with Crippen molar-refractivity contribution in [3.05, 3.63) is 72.9 Å². The number of quaternary nitrogens is 1. The molecule has 0 amide bonds. The Balaban J connectivity index is 4.59. The van der Waals surface area contributed by atoms with Gasteiger partial charge in [0.2, 0.25) is 0 Å². The van der Waals surface area contributed by atoms with Gasteiger partial charge in [-0.3, -0.25) is 9.36 Å². The minimum Gasteiger partial charge on any atom is -0.756 e. The maximum Gasteiger partial charge on any atom is 0.331 e. The highest BCUT2D eigenvalue weighted by Gasteiger charge is 2.21. The van der Waals surface area contributed by atoms with Gasteiger partial charge in [-0.25, -0.2) is 4.79 Å². The highest BCUT2D eigenvalue weighted by molar-refractivity contribution is 7.45. The molecule has 1 unspecified atom stereocenters. The normalized spacial score (nSPS) is 14.2. The predicted molar refractivity (Wildman–Crippen MR) is 240 cm³/mol. The first kappa shape index (κ1) is 55.5. The fourth-order valence-corrected chi connectivity index (χ4v) is 6.63. The van der Waals surface area contributed by atoms with Gasteiger partial charge in [-0.2, -0.15) is 0 Å². The fraction of sp³-hybridized carbons (Fsp3) is 0.708. The van der Waals surface area contributed by atoms with Gasteiger partial charge in [-0.15, -0.1) is 0 Å². The van der Waals surface area contributed by atoms with Crippen LogP contribution in [0.15, 0.2) is 72.9 Å². The molecule has 0 aromatic heterocycles. The maximum absolute atomic E-state index is 12.6. The van der Waals surface area contributed by atoms with Gasteiger partial charge in [0.25, 0.3) is 7.82 Å². The van der Waals surface area contributed by atoms with Gasteiger partial charge in [0.15, 0.2) is 6.10 Å². The molecule has 0 radical (unpaired) electrons. The van der Waals surface area contributed by atoms with Crippen molar-refractivity contribution in [3.8, 4) is 0 Å². The van der Waals surface area contributed by atoms with Crippen molar-refractivity contribution >= 4 is 19.8 Å². The van der Waals surface area contributed by atoms with Crippen LogP contribution in [-0.2, 0) is 32.7 Å². The molecule has 0 spiro atoms. The monoisotopic (exact) mass is 834 g/mol. The average molecular weight is 834 g/mol. The molecule has 2 atom stereocenters. The molecule has 0 N–H and O–H groups in total. The van der Waals surface area contributed by atoms with Crippen LogP contribution in [0.5, 0.6) is 0 Å². The second-order valence-electron chi connectivity index (χ2n) is 16.3. The molecular weight excluding hydrogens is 750 g/mol. The number of unbranched alkanes of at least 4 members (excludes halogenated alkanes) is 21. The van der Waals surface area contributed by atoms with Crippen molar-refractivity contribution in [2.75, 3.05) is 47.5 Å². The van der Waals surface area contributed by atoms with E-state index in [1.54, 1.807) is 12.2 Å². The Hall–Kier alpha value is -2.55. The molecule has 10 heteroatoms. The Bertz CT molecular complexity index is 1220. The summed E-state index contributed by atoms with van der Waals surface area (Å²) in [6, 6.07) is 0. The third-order valence-corrected chi connectivity index (χ3v) is 10.4. The van der Waals surface area contributed by atoms with Gasteiger partial charge in [0, 0.05) is 12.5 Å². The Morgan fingerprint density at radius 3 is 1.48 bits per heavy atom. The molecule has 334 valence electrons. The Kier molecular flexibility index (Phi) is 38.1. The van der Waals surface area contributed by atoms with Gasteiger partial charge in [0.1, 0.15) is 19.8 Å². The van der Waals surface area contributed by atoms with Crippen LogP contribution >= 0.6 is 7.82 Å². The van der Waals surface area contributed by atoms with Gasteiger partial charge in [0.05, 0.1) is 27.7 Å². The molecule has 0 heterocycles. The lowest BCUT2D eigenvalue weighted by molar-refractivity contribution is -0.870. The summed E-state index contributed by atoms with van der Waals surface area (Å²) in [6.07, 6.45) is 50.0. The lowest BCUT2D eigenvalue weighted by Crippen LogP contribution is -2.37. The number of esters is 2. The van der Waals surface area contributed by atoms with Crippen LogP contribution in [0, 0.1) is 0 Å². The summed E-state index contributed by atoms with van der Waals surface area (Å²) in [6.45, 7) is 4.02. The van der Waals surface area contributed by atoms with Crippen LogP contribution in [0.3, 0.4) is 0 Å². The second kappa shape index (κ2) is 39.9. The molecule has 0 rings (SSSR count). The number of hydrogen-bond acceptors (Lipinski definition) is 8.